The molecule has 0 fully saturated rings. The first-order chi connectivity index (χ1) is 6.22. The molecule has 0 spiro atoms. The summed E-state index contributed by atoms with van der Waals surface area (Å²) in [5, 5.41) is 16.9. The fourth-order valence-electron chi connectivity index (χ4n) is 1.13. The molecule has 0 aromatic heterocycles. The summed E-state index contributed by atoms with van der Waals surface area (Å²) in [7, 11) is 0. The highest BCUT2D eigenvalue weighted by atomic mass is 15.1. The van der Waals surface area contributed by atoms with Crippen molar-refractivity contribution in [2.45, 2.75) is 39.2 Å². The Bertz CT molecular complexity index is 197. The molecule has 0 rings (SSSR count). The summed E-state index contributed by atoms with van der Waals surface area (Å²) in [5.41, 5.74) is 0. The normalized spacial score (nSPS) is 10.0. The number of hydrogen-bond acceptors (Lipinski definition) is 3. The van der Waals surface area contributed by atoms with Crippen LogP contribution in [0.1, 0.15) is 33.1 Å². The Labute approximate surface area is 80.6 Å². The summed E-state index contributed by atoms with van der Waals surface area (Å²) < 4.78 is 0. The SMILES string of the molecule is CC(C)N(CC#N)CCCCC#N. The Morgan fingerprint density at radius 1 is 1.15 bits per heavy atom. The van der Waals surface area contributed by atoms with Gasteiger partial charge in [0.2, 0.25) is 0 Å². The smallest absolute Gasteiger partial charge is 0.0868 e. The number of rotatable bonds is 6. The molecule has 0 aromatic rings. The molecule has 0 aliphatic carbocycles. The van der Waals surface area contributed by atoms with E-state index in [1.807, 2.05) is 0 Å². The minimum atomic E-state index is 0.418. The molecular weight excluding hydrogens is 162 g/mol. The first-order valence-electron chi connectivity index (χ1n) is 4.70. The van der Waals surface area contributed by atoms with Crippen molar-refractivity contribution in [2.75, 3.05) is 13.1 Å². The molecule has 0 amide bonds. The monoisotopic (exact) mass is 179 g/mol. The van der Waals surface area contributed by atoms with Crippen LogP contribution in [0.25, 0.3) is 0 Å². The van der Waals surface area contributed by atoms with Crippen LogP contribution >= 0.6 is 0 Å². The predicted molar refractivity (Wildman–Crippen MR) is 51.8 cm³/mol. The van der Waals surface area contributed by atoms with Crippen LogP contribution in [0.4, 0.5) is 0 Å². The zero-order valence-electron chi connectivity index (χ0n) is 8.45. The maximum Gasteiger partial charge on any atom is 0.0868 e. The van der Waals surface area contributed by atoms with Crippen molar-refractivity contribution < 1.29 is 0 Å². The summed E-state index contributed by atoms with van der Waals surface area (Å²) in [6.07, 6.45) is 2.57. The third-order valence-corrected chi connectivity index (χ3v) is 1.99. The third-order valence-electron chi connectivity index (χ3n) is 1.99. The first-order valence-corrected chi connectivity index (χ1v) is 4.70. The van der Waals surface area contributed by atoms with Gasteiger partial charge in [-0.05, 0) is 33.2 Å². The van der Waals surface area contributed by atoms with Gasteiger partial charge in [-0.1, -0.05) is 0 Å². The molecule has 0 aromatic carbocycles. The lowest BCUT2D eigenvalue weighted by atomic mass is 10.2. The van der Waals surface area contributed by atoms with E-state index in [0.717, 1.165) is 19.4 Å². The minimum absolute atomic E-state index is 0.418. The molecule has 13 heavy (non-hydrogen) atoms. The topological polar surface area (TPSA) is 50.8 Å². The number of nitrogens with zero attached hydrogens (tertiary/aromatic N) is 3. The van der Waals surface area contributed by atoms with Gasteiger partial charge in [0, 0.05) is 12.5 Å². The van der Waals surface area contributed by atoms with Crippen molar-refractivity contribution in [1.82, 2.24) is 4.90 Å². The molecule has 3 heteroatoms. The molecule has 3 nitrogen and oxygen atoms in total. The van der Waals surface area contributed by atoms with Crippen LogP contribution in [0.2, 0.25) is 0 Å². The van der Waals surface area contributed by atoms with Gasteiger partial charge in [0.25, 0.3) is 0 Å². The van der Waals surface area contributed by atoms with Gasteiger partial charge >= 0.3 is 0 Å². The van der Waals surface area contributed by atoms with Crippen molar-refractivity contribution in [3.05, 3.63) is 0 Å². The number of unbranched alkanes of at least 4 members (excludes halogenated alkanes) is 2. The van der Waals surface area contributed by atoms with Crippen molar-refractivity contribution in [3.63, 3.8) is 0 Å². The van der Waals surface area contributed by atoms with E-state index in [1.54, 1.807) is 0 Å². The summed E-state index contributed by atoms with van der Waals surface area (Å²) in [6, 6.07) is 4.69. The molecule has 0 saturated heterocycles. The molecule has 0 atom stereocenters. The van der Waals surface area contributed by atoms with Gasteiger partial charge in [0.15, 0.2) is 0 Å². The minimum Gasteiger partial charge on any atom is -0.288 e. The van der Waals surface area contributed by atoms with Crippen LogP contribution in [-0.2, 0) is 0 Å². The third kappa shape index (κ3) is 6.13. The lowest BCUT2D eigenvalue weighted by Crippen LogP contribution is -2.32. The Balaban J connectivity index is 3.59. The summed E-state index contributed by atoms with van der Waals surface area (Å²) in [4.78, 5) is 2.12. The van der Waals surface area contributed by atoms with Crippen LogP contribution in [0.3, 0.4) is 0 Å². The fourth-order valence-corrected chi connectivity index (χ4v) is 1.13. The van der Waals surface area contributed by atoms with Crippen molar-refractivity contribution in [3.8, 4) is 12.1 Å². The maximum absolute atomic E-state index is 8.54. The zero-order valence-corrected chi connectivity index (χ0v) is 8.45. The van der Waals surface area contributed by atoms with E-state index in [1.165, 1.54) is 0 Å². The van der Waals surface area contributed by atoms with Crippen LogP contribution in [0.5, 0.6) is 0 Å². The standard InChI is InChI=1S/C10H17N3/c1-10(2)13(9-7-12)8-5-3-4-6-11/h10H,3-5,8-9H2,1-2H3. The van der Waals surface area contributed by atoms with Gasteiger partial charge in [-0.25, -0.2) is 0 Å². The quantitative estimate of drug-likeness (QED) is 0.462. The first kappa shape index (κ1) is 11.9. The van der Waals surface area contributed by atoms with Crippen molar-refractivity contribution in [1.29, 1.82) is 10.5 Å². The predicted octanol–water partition coefficient (Wildman–Crippen LogP) is 1.91. The van der Waals surface area contributed by atoms with Gasteiger partial charge in [-0.15, -0.1) is 0 Å². The van der Waals surface area contributed by atoms with Gasteiger partial charge < -0.3 is 0 Å². The molecule has 0 N–H and O–H groups in total. The Kier molecular flexibility index (Phi) is 6.96. The lowest BCUT2D eigenvalue weighted by molar-refractivity contribution is 0.244. The molecule has 0 bridgehead atoms. The van der Waals surface area contributed by atoms with E-state index in [-0.39, 0.29) is 0 Å². The van der Waals surface area contributed by atoms with E-state index in [9.17, 15) is 0 Å². The largest absolute Gasteiger partial charge is 0.288 e. The molecule has 72 valence electrons. The van der Waals surface area contributed by atoms with E-state index in [4.69, 9.17) is 10.5 Å². The van der Waals surface area contributed by atoms with E-state index >= 15 is 0 Å². The van der Waals surface area contributed by atoms with E-state index in [0.29, 0.717) is 19.0 Å². The number of hydrogen-bond donors (Lipinski definition) is 0. The van der Waals surface area contributed by atoms with Crippen LogP contribution < -0.4 is 0 Å². The van der Waals surface area contributed by atoms with Gasteiger partial charge in [-0.3, -0.25) is 4.90 Å². The number of nitriles is 2. The van der Waals surface area contributed by atoms with Gasteiger partial charge in [-0.2, -0.15) is 10.5 Å². The summed E-state index contributed by atoms with van der Waals surface area (Å²) >= 11 is 0. The fraction of sp³-hybridized carbons (Fsp3) is 0.800. The molecular formula is C10H17N3. The summed E-state index contributed by atoms with van der Waals surface area (Å²) in [6.45, 7) is 5.58. The second-order valence-corrected chi connectivity index (χ2v) is 3.34. The Morgan fingerprint density at radius 3 is 2.31 bits per heavy atom. The second-order valence-electron chi connectivity index (χ2n) is 3.34. The molecule has 0 radical (unpaired) electrons. The second kappa shape index (κ2) is 7.58. The molecule has 0 heterocycles. The van der Waals surface area contributed by atoms with Crippen molar-refractivity contribution >= 4 is 0 Å². The molecule has 0 aliphatic heterocycles. The van der Waals surface area contributed by atoms with Crippen LogP contribution in [0, 0.1) is 22.7 Å². The van der Waals surface area contributed by atoms with Crippen molar-refractivity contribution in [2.24, 2.45) is 0 Å². The Hall–Kier alpha value is -1.06. The average molecular weight is 179 g/mol. The highest BCUT2D eigenvalue weighted by Crippen LogP contribution is 2.02. The van der Waals surface area contributed by atoms with Crippen LogP contribution in [0.15, 0.2) is 0 Å². The molecule has 0 aliphatic rings. The summed E-state index contributed by atoms with van der Waals surface area (Å²) in [5.74, 6) is 0. The maximum atomic E-state index is 8.54. The average Bonchev–Trinajstić information content (AvgIpc) is 2.10. The van der Waals surface area contributed by atoms with E-state index in [2.05, 4.69) is 30.9 Å². The Morgan fingerprint density at radius 2 is 1.85 bits per heavy atom. The highest BCUT2D eigenvalue weighted by Gasteiger charge is 2.07. The molecule has 0 saturated carbocycles. The molecule has 0 unspecified atom stereocenters. The van der Waals surface area contributed by atoms with Gasteiger partial charge in [0.05, 0.1) is 18.7 Å². The lowest BCUT2D eigenvalue weighted by Gasteiger charge is -2.22. The zero-order chi connectivity index (χ0) is 10.1. The van der Waals surface area contributed by atoms with E-state index < -0.39 is 0 Å². The highest BCUT2D eigenvalue weighted by molar-refractivity contribution is 4.78. The van der Waals surface area contributed by atoms with Crippen LogP contribution in [-0.4, -0.2) is 24.0 Å². The van der Waals surface area contributed by atoms with Gasteiger partial charge in [0.1, 0.15) is 0 Å².